The number of carbonyl (C=O) groups is 2. The van der Waals surface area contributed by atoms with E-state index in [1.807, 2.05) is 19.9 Å². The van der Waals surface area contributed by atoms with Gasteiger partial charge >= 0.3 is 0 Å². The van der Waals surface area contributed by atoms with Gasteiger partial charge in [-0.25, -0.2) is 0 Å². The molecule has 1 atom stereocenters. The van der Waals surface area contributed by atoms with Gasteiger partial charge in [-0.3, -0.25) is 14.6 Å². The summed E-state index contributed by atoms with van der Waals surface area (Å²) < 4.78 is 11.0. The number of nitrogens with zero attached hydrogens (tertiary/aromatic N) is 2. The highest BCUT2D eigenvalue weighted by Gasteiger charge is 2.46. The number of methoxy groups -OCH3 is 1. The Balaban J connectivity index is 1.80. The number of ether oxygens (including phenoxy) is 2. The Bertz CT molecular complexity index is 1240. The summed E-state index contributed by atoms with van der Waals surface area (Å²) in [4.78, 5) is 32.2. The van der Waals surface area contributed by atoms with Gasteiger partial charge in [-0.1, -0.05) is 44.2 Å². The van der Waals surface area contributed by atoms with Crippen LogP contribution in [0.4, 0.5) is 0 Å². The number of aliphatic hydroxyl groups excluding tert-OH is 1. The van der Waals surface area contributed by atoms with Gasteiger partial charge in [0.1, 0.15) is 17.3 Å². The molecule has 0 radical (unpaired) electrons. The highest BCUT2D eigenvalue weighted by Crippen LogP contribution is 2.40. The van der Waals surface area contributed by atoms with Crippen molar-refractivity contribution in [2.45, 2.75) is 26.4 Å². The molecule has 3 aromatic rings. The average Bonchev–Trinajstić information content (AvgIpc) is 3.12. The van der Waals surface area contributed by atoms with E-state index in [4.69, 9.17) is 9.47 Å². The van der Waals surface area contributed by atoms with Crippen molar-refractivity contribution in [3.05, 3.63) is 95.3 Å². The van der Waals surface area contributed by atoms with Crippen LogP contribution in [-0.4, -0.2) is 40.4 Å². The fourth-order valence-electron chi connectivity index (χ4n) is 3.99. The van der Waals surface area contributed by atoms with Gasteiger partial charge in [-0.15, -0.1) is 0 Å². The van der Waals surface area contributed by atoms with Crippen LogP contribution in [0.15, 0.2) is 78.5 Å². The Morgan fingerprint density at radius 2 is 1.80 bits per heavy atom. The van der Waals surface area contributed by atoms with Crippen molar-refractivity contribution >= 4 is 17.4 Å². The zero-order valence-corrected chi connectivity index (χ0v) is 20.0. The quantitative estimate of drug-likeness (QED) is 0.289. The zero-order chi connectivity index (χ0) is 24.9. The van der Waals surface area contributed by atoms with E-state index in [2.05, 4.69) is 4.98 Å². The van der Waals surface area contributed by atoms with E-state index in [9.17, 15) is 14.7 Å². The van der Waals surface area contributed by atoms with Crippen molar-refractivity contribution < 1.29 is 24.2 Å². The number of benzene rings is 2. The minimum atomic E-state index is -0.789. The number of pyridine rings is 1. The molecule has 1 saturated heterocycles. The number of Topliss-reactive ketones (excluding diaryl/α,β-unsaturated/α-hetero) is 1. The Kier molecular flexibility index (Phi) is 7.15. The van der Waals surface area contributed by atoms with Gasteiger partial charge in [0, 0.05) is 11.8 Å². The molecule has 1 amide bonds. The van der Waals surface area contributed by atoms with Crippen LogP contribution in [-0.2, 0) is 16.1 Å². The summed E-state index contributed by atoms with van der Waals surface area (Å²) in [6.45, 7) is 4.73. The predicted octanol–water partition coefficient (Wildman–Crippen LogP) is 4.75. The number of amides is 1. The summed E-state index contributed by atoms with van der Waals surface area (Å²) in [6, 6.07) is 18.6. The molecule has 0 bridgehead atoms. The smallest absolute Gasteiger partial charge is 0.296 e. The molecule has 1 fully saturated rings. The van der Waals surface area contributed by atoms with E-state index in [1.54, 1.807) is 74.0 Å². The number of rotatable bonds is 8. The number of hydrogen-bond donors (Lipinski definition) is 1. The molecule has 0 spiro atoms. The number of aromatic nitrogens is 1. The van der Waals surface area contributed by atoms with E-state index in [0.29, 0.717) is 40.8 Å². The highest BCUT2D eigenvalue weighted by molar-refractivity contribution is 6.46. The number of likely N-dealkylation sites (tertiary alicyclic amines) is 1. The first-order valence-electron chi connectivity index (χ1n) is 11.4. The second-order valence-electron chi connectivity index (χ2n) is 8.75. The molecule has 1 N–H and O–H groups in total. The van der Waals surface area contributed by atoms with Crippen LogP contribution in [0.5, 0.6) is 11.5 Å². The van der Waals surface area contributed by atoms with Crippen LogP contribution in [0, 0.1) is 5.92 Å². The van der Waals surface area contributed by atoms with Crippen LogP contribution in [0.1, 0.15) is 36.7 Å². The molecule has 1 aromatic heterocycles. The first-order valence-corrected chi connectivity index (χ1v) is 11.4. The Morgan fingerprint density at radius 1 is 1.03 bits per heavy atom. The van der Waals surface area contributed by atoms with E-state index in [1.165, 1.54) is 4.90 Å². The number of hydrogen-bond acceptors (Lipinski definition) is 6. The molecule has 0 aliphatic carbocycles. The second-order valence-corrected chi connectivity index (χ2v) is 8.75. The number of aliphatic hydroxyl groups is 1. The maximum atomic E-state index is 13.2. The molecule has 7 nitrogen and oxygen atoms in total. The van der Waals surface area contributed by atoms with Crippen molar-refractivity contribution in [1.82, 2.24) is 9.88 Å². The molecule has 2 aromatic carbocycles. The van der Waals surface area contributed by atoms with Gasteiger partial charge in [0.05, 0.1) is 37.6 Å². The first-order chi connectivity index (χ1) is 16.9. The zero-order valence-electron chi connectivity index (χ0n) is 20.0. The minimum absolute atomic E-state index is 0.0251. The van der Waals surface area contributed by atoms with Crippen LogP contribution in [0.2, 0.25) is 0 Å². The fraction of sp³-hybridized carbons (Fsp3) is 0.250. The fourth-order valence-corrected chi connectivity index (χ4v) is 3.99. The van der Waals surface area contributed by atoms with Gasteiger partial charge in [0.25, 0.3) is 11.7 Å². The standard InChI is InChI=1S/C28H28N2O5/c1-18(2)17-35-23-9-6-7-20(15-23)26(31)24-25(19-10-12-22(34-3)13-11-19)30(28(33)27(24)32)16-21-8-4-5-14-29-21/h4-15,18,25,31H,16-17H2,1-3H3/b26-24-. The summed E-state index contributed by atoms with van der Waals surface area (Å²) in [5, 5.41) is 11.3. The van der Waals surface area contributed by atoms with Gasteiger partial charge in [-0.2, -0.15) is 0 Å². The van der Waals surface area contributed by atoms with Crippen LogP contribution in [0.3, 0.4) is 0 Å². The third-order valence-electron chi connectivity index (χ3n) is 5.72. The number of ketones is 1. The lowest BCUT2D eigenvalue weighted by atomic mass is 9.95. The molecule has 0 saturated carbocycles. The molecule has 1 unspecified atom stereocenters. The molecule has 1 aliphatic rings. The summed E-state index contributed by atoms with van der Waals surface area (Å²) in [6.07, 6.45) is 1.64. The average molecular weight is 473 g/mol. The van der Waals surface area contributed by atoms with Crippen molar-refractivity contribution in [2.24, 2.45) is 5.92 Å². The largest absolute Gasteiger partial charge is 0.507 e. The summed E-state index contributed by atoms with van der Waals surface area (Å²) >= 11 is 0. The topological polar surface area (TPSA) is 89.0 Å². The number of carbonyl (C=O) groups excluding carboxylic acids is 2. The lowest BCUT2D eigenvalue weighted by Gasteiger charge is -2.25. The van der Waals surface area contributed by atoms with Crippen LogP contribution < -0.4 is 9.47 Å². The van der Waals surface area contributed by atoms with E-state index in [-0.39, 0.29) is 17.9 Å². The van der Waals surface area contributed by atoms with E-state index < -0.39 is 17.7 Å². The van der Waals surface area contributed by atoms with Gasteiger partial charge < -0.3 is 19.5 Å². The van der Waals surface area contributed by atoms with Crippen molar-refractivity contribution in [2.75, 3.05) is 13.7 Å². The highest BCUT2D eigenvalue weighted by atomic mass is 16.5. The van der Waals surface area contributed by atoms with E-state index >= 15 is 0 Å². The lowest BCUT2D eigenvalue weighted by Crippen LogP contribution is -2.29. The van der Waals surface area contributed by atoms with Crippen LogP contribution in [0.25, 0.3) is 5.76 Å². The maximum Gasteiger partial charge on any atom is 0.296 e. The van der Waals surface area contributed by atoms with Gasteiger partial charge in [0.2, 0.25) is 0 Å². The van der Waals surface area contributed by atoms with Crippen molar-refractivity contribution in [3.8, 4) is 11.5 Å². The summed E-state index contributed by atoms with van der Waals surface area (Å²) in [7, 11) is 1.57. The normalized spacial score (nSPS) is 17.1. The molecule has 2 heterocycles. The maximum absolute atomic E-state index is 13.2. The Labute approximate surface area is 204 Å². The second kappa shape index (κ2) is 10.4. The SMILES string of the molecule is COc1ccc(C2/C(=C(/O)c3cccc(OCC(C)C)c3)C(=O)C(=O)N2Cc2ccccn2)cc1. The lowest BCUT2D eigenvalue weighted by molar-refractivity contribution is -0.140. The summed E-state index contributed by atoms with van der Waals surface area (Å²) in [5.74, 6) is -0.128. The molecule has 180 valence electrons. The molecular formula is C28H28N2O5. The van der Waals surface area contributed by atoms with Gasteiger partial charge in [0.15, 0.2) is 0 Å². The van der Waals surface area contributed by atoms with Crippen LogP contribution >= 0.6 is 0 Å². The Hall–Kier alpha value is -4.13. The van der Waals surface area contributed by atoms with E-state index in [0.717, 1.165) is 0 Å². The van der Waals surface area contributed by atoms with Crippen molar-refractivity contribution in [1.29, 1.82) is 0 Å². The predicted molar refractivity (Wildman–Crippen MR) is 132 cm³/mol. The van der Waals surface area contributed by atoms with Gasteiger partial charge in [-0.05, 0) is 47.9 Å². The Morgan fingerprint density at radius 3 is 2.46 bits per heavy atom. The molecule has 4 rings (SSSR count). The molecule has 7 heteroatoms. The molecule has 1 aliphatic heterocycles. The third-order valence-corrected chi connectivity index (χ3v) is 5.72. The monoisotopic (exact) mass is 472 g/mol. The summed E-state index contributed by atoms with van der Waals surface area (Å²) in [5.41, 5.74) is 1.74. The minimum Gasteiger partial charge on any atom is -0.507 e. The van der Waals surface area contributed by atoms with Crippen molar-refractivity contribution in [3.63, 3.8) is 0 Å². The molecule has 35 heavy (non-hydrogen) atoms. The first kappa shape index (κ1) is 24.0. The third kappa shape index (κ3) is 5.19. The molecular weight excluding hydrogens is 444 g/mol.